The number of rotatable bonds is 2. The molecule has 2 nitrogen and oxygen atoms in total. The Balaban J connectivity index is 1.86. The second-order valence-electron chi connectivity index (χ2n) is 5.37. The summed E-state index contributed by atoms with van der Waals surface area (Å²) in [6.07, 6.45) is 1.83. The molecule has 0 aliphatic heterocycles. The molecule has 0 unspecified atom stereocenters. The SMILES string of the molecule is O=c1c2sc(-c3ccc(Cl)cc3)cc2ccn1-c1ccc(Br)cc1. The van der Waals surface area contributed by atoms with Gasteiger partial charge in [-0.05, 0) is 54.1 Å². The van der Waals surface area contributed by atoms with Crippen LogP contribution in [0.25, 0.3) is 26.2 Å². The second kappa shape index (κ2) is 6.20. The molecule has 24 heavy (non-hydrogen) atoms. The van der Waals surface area contributed by atoms with E-state index in [-0.39, 0.29) is 5.56 Å². The van der Waals surface area contributed by atoms with E-state index in [4.69, 9.17) is 11.6 Å². The maximum absolute atomic E-state index is 12.9. The first kappa shape index (κ1) is 15.6. The Morgan fingerprint density at radius 2 is 1.67 bits per heavy atom. The summed E-state index contributed by atoms with van der Waals surface area (Å²) in [5.41, 5.74) is 1.92. The van der Waals surface area contributed by atoms with E-state index in [1.165, 1.54) is 11.3 Å². The lowest BCUT2D eigenvalue weighted by Crippen LogP contribution is -2.16. The van der Waals surface area contributed by atoms with Crippen LogP contribution in [0.15, 0.2) is 76.1 Å². The van der Waals surface area contributed by atoms with Crippen molar-refractivity contribution in [3.05, 3.63) is 86.7 Å². The normalized spacial score (nSPS) is 11.1. The minimum absolute atomic E-state index is 0.0000333. The third-order valence-corrected chi connectivity index (χ3v) is 5.78. The third-order valence-electron chi connectivity index (χ3n) is 3.81. The van der Waals surface area contributed by atoms with Crippen LogP contribution in [0.1, 0.15) is 0 Å². The molecule has 118 valence electrons. The molecule has 0 N–H and O–H groups in total. The Hall–Kier alpha value is -1.88. The summed E-state index contributed by atoms with van der Waals surface area (Å²) in [5.74, 6) is 0. The first-order valence-electron chi connectivity index (χ1n) is 7.29. The monoisotopic (exact) mass is 415 g/mol. The van der Waals surface area contributed by atoms with Gasteiger partial charge in [-0.2, -0.15) is 0 Å². The molecule has 0 saturated carbocycles. The van der Waals surface area contributed by atoms with E-state index in [2.05, 4.69) is 22.0 Å². The molecule has 0 spiro atoms. The van der Waals surface area contributed by atoms with Crippen molar-refractivity contribution < 1.29 is 0 Å². The topological polar surface area (TPSA) is 22.0 Å². The van der Waals surface area contributed by atoms with Crippen molar-refractivity contribution in [3.8, 4) is 16.1 Å². The molecule has 0 atom stereocenters. The Labute approximate surface area is 156 Å². The maximum Gasteiger partial charge on any atom is 0.273 e. The molecule has 2 heterocycles. The minimum atomic E-state index is 0.0000333. The fraction of sp³-hybridized carbons (Fsp3) is 0. The van der Waals surface area contributed by atoms with E-state index in [0.717, 1.165) is 30.7 Å². The summed E-state index contributed by atoms with van der Waals surface area (Å²) in [6.45, 7) is 0. The minimum Gasteiger partial charge on any atom is -0.283 e. The molecular weight excluding hydrogens is 406 g/mol. The summed E-state index contributed by atoms with van der Waals surface area (Å²) < 4.78 is 3.42. The number of fused-ring (bicyclic) bond motifs is 1. The summed E-state index contributed by atoms with van der Waals surface area (Å²) in [6, 6.07) is 19.4. The van der Waals surface area contributed by atoms with Gasteiger partial charge in [-0.3, -0.25) is 9.36 Å². The lowest BCUT2D eigenvalue weighted by Gasteiger charge is -2.05. The standard InChI is InChI=1S/C19H11BrClNOS/c20-14-3-7-16(8-4-14)22-10-9-13-11-17(24-18(13)19(22)23)12-1-5-15(21)6-2-12/h1-11H. The van der Waals surface area contributed by atoms with Gasteiger partial charge in [0.25, 0.3) is 5.56 Å². The lowest BCUT2D eigenvalue weighted by molar-refractivity contribution is 1.01. The maximum atomic E-state index is 12.9. The average molecular weight is 417 g/mol. The molecule has 0 aliphatic carbocycles. The molecule has 0 bridgehead atoms. The second-order valence-corrected chi connectivity index (χ2v) is 7.77. The van der Waals surface area contributed by atoms with Gasteiger partial charge in [0.05, 0.1) is 0 Å². The van der Waals surface area contributed by atoms with Gasteiger partial charge in [-0.1, -0.05) is 39.7 Å². The number of thiophene rings is 1. The van der Waals surface area contributed by atoms with E-state index < -0.39 is 0 Å². The predicted molar refractivity (Wildman–Crippen MR) is 106 cm³/mol. The molecule has 2 aromatic carbocycles. The predicted octanol–water partition coefficient (Wildman–Crippen LogP) is 6.14. The van der Waals surface area contributed by atoms with Crippen molar-refractivity contribution in [2.24, 2.45) is 0 Å². The van der Waals surface area contributed by atoms with E-state index in [9.17, 15) is 4.79 Å². The van der Waals surface area contributed by atoms with Gasteiger partial charge in [0.15, 0.2) is 0 Å². The first-order chi connectivity index (χ1) is 11.6. The zero-order valence-corrected chi connectivity index (χ0v) is 15.5. The smallest absolute Gasteiger partial charge is 0.273 e. The lowest BCUT2D eigenvalue weighted by atomic mass is 10.2. The summed E-state index contributed by atoms with van der Waals surface area (Å²) in [4.78, 5) is 13.9. The van der Waals surface area contributed by atoms with Crippen LogP contribution in [0.3, 0.4) is 0 Å². The van der Waals surface area contributed by atoms with Crippen LogP contribution in [0.2, 0.25) is 5.02 Å². The Morgan fingerprint density at radius 3 is 2.38 bits per heavy atom. The van der Waals surface area contributed by atoms with Crippen LogP contribution in [-0.2, 0) is 0 Å². The Bertz CT molecular complexity index is 1080. The van der Waals surface area contributed by atoms with Crippen LogP contribution in [0.5, 0.6) is 0 Å². The van der Waals surface area contributed by atoms with E-state index >= 15 is 0 Å². The van der Waals surface area contributed by atoms with Gasteiger partial charge < -0.3 is 0 Å². The number of nitrogens with zero attached hydrogens (tertiary/aromatic N) is 1. The largest absolute Gasteiger partial charge is 0.283 e. The number of pyridine rings is 1. The fourth-order valence-corrected chi connectivity index (χ4v) is 4.07. The molecule has 0 amide bonds. The summed E-state index contributed by atoms with van der Waals surface area (Å²) in [5, 5.41) is 1.67. The molecule has 0 saturated heterocycles. The van der Waals surface area contributed by atoms with Crippen LogP contribution in [0.4, 0.5) is 0 Å². The van der Waals surface area contributed by atoms with Crippen LogP contribution in [-0.4, -0.2) is 4.57 Å². The van der Waals surface area contributed by atoms with E-state index in [1.807, 2.05) is 60.8 Å². The van der Waals surface area contributed by atoms with Gasteiger partial charge in [0.2, 0.25) is 0 Å². The molecule has 5 heteroatoms. The van der Waals surface area contributed by atoms with Gasteiger partial charge in [0.1, 0.15) is 4.70 Å². The number of benzene rings is 2. The van der Waals surface area contributed by atoms with Crippen LogP contribution < -0.4 is 5.56 Å². The molecule has 0 radical (unpaired) electrons. The molecule has 4 rings (SSSR count). The van der Waals surface area contributed by atoms with Gasteiger partial charge in [-0.15, -0.1) is 11.3 Å². The number of halogens is 2. The molecule has 0 aliphatic rings. The van der Waals surface area contributed by atoms with Crippen molar-refractivity contribution in [3.63, 3.8) is 0 Å². The third kappa shape index (κ3) is 2.81. The van der Waals surface area contributed by atoms with Crippen molar-refractivity contribution in [1.29, 1.82) is 0 Å². The highest BCUT2D eigenvalue weighted by Crippen LogP contribution is 2.32. The van der Waals surface area contributed by atoms with E-state index in [0.29, 0.717) is 5.02 Å². The average Bonchev–Trinajstić information content (AvgIpc) is 3.02. The van der Waals surface area contributed by atoms with Gasteiger partial charge >= 0.3 is 0 Å². The highest BCUT2D eigenvalue weighted by atomic mass is 79.9. The fourth-order valence-electron chi connectivity index (χ4n) is 2.59. The van der Waals surface area contributed by atoms with Crippen molar-refractivity contribution in [1.82, 2.24) is 4.57 Å². The Kier molecular flexibility index (Phi) is 4.04. The highest BCUT2D eigenvalue weighted by molar-refractivity contribution is 9.10. The van der Waals surface area contributed by atoms with Crippen molar-refractivity contribution in [2.75, 3.05) is 0 Å². The van der Waals surface area contributed by atoms with E-state index in [1.54, 1.807) is 4.57 Å². The quantitative estimate of drug-likeness (QED) is 0.385. The first-order valence-corrected chi connectivity index (χ1v) is 9.28. The van der Waals surface area contributed by atoms with Crippen LogP contribution >= 0.6 is 38.9 Å². The summed E-state index contributed by atoms with van der Waals surface area (Å²) in [7, 11) is 0. The van der Waals surface area contributed by atoms with Crippen molar-refractivity contribution >= 4 is 49.0 Å². The van der Waals surface area contributed by atoms with Gasteiger partial charge in [-0.25, -0.2) is 0 Å². The van der Waals surface area contributed by atoms with Crippen LogP contribution in [0, 0.1) is 0 Å². The molecule has 0 fully saturated rings. The number of hydrogen-bond acceptors (Lipinski definition) is 2. The zero-order chi connectivity index (χ0) is 16.7. The molecule has 4 aromatic rings. The molecule has 2 aromatic heterocycles. The van der Waals surface area contributed by atoms with Crippen molar-refractivity contribution in [2.45, 2.75) is 0 Å². The number of hydrogen-bond donors (Lipinski definition) is 0. The Morgan fingerprint density at radius 1 is 0.958 bits per heavy atom. The van der Waals surface area contributed by atoms with Gasteiger partial charge in [0, 0.05) is 31.6 Å². The number of aromatic nitrogens is 1. The zero-order valence-electron chi connectivity index (χ0n) is 12.4. The highest BCUT2D eigenvalue weighted by Gasteiger charge is 2.10. The summed E-state index contributed by atoms with van der Waals surface area (Å²) >= 11 is 10.9. The molecular formula is C19H11BrClNOS.